The van der Waals surface area contributed by atoms with Crippen LogP contribution in [0.2, 0.25) is 10.2 Å². The number of H-pyrrole nitrogens is 1. The number of hydrazine groups is 1. The van der Waals surface area contributed by atoms with Gasteiger partial charge in [-0.3, -0.25) is 20.4 Å². The summed E-state index contributed by atoms with van der Waals surface area (Å²) in [5.74, 6) is -0.357. The summed E-state index contributed by atoms with van der Waals surface area (Å²) in [7, 11) is 2.98. The zero-order valence-corrected chi connectivity index (χ0v) is 19.0. The molecular formula is C23H18Cl2N4O4. The molecule has 0 aliphatic carbocycles. The number of nitrogens with zero attached hydrogens (tertiary/aromatic N) is 1. The Morgan fingerprint density at radius 3 is 2.30 bits per heavy atom. The van der Waals surface area contributed by atoms with Crippen LogP contribution < -0.4 is 20.3 Å². The first-order chi connectivity index (χ1) is 15.9. The lowest BCUT2D eigenvalue weighted by Gasteiger charge is -2.14. The summed E-state index contributed by atoms with van der Waals surface area (Å²) < 4.78 is 11.0. The molecule has 2 amide bonds. The van der Waals surface area contributed by atoms with Gasteiger partial charge in [0.25, 0.3) is 11.8 Å². The predicted octanol–water partition coefficient (Wildman–Crippen LogP) is 4.63. The summed E-state index contributed by atoms with van der Waals surface area (Å²) >= 11 is 11.8. The summed E-state index contributed by atoms with van der Waals surface area (Å²) in [6.07, 6.45) is 3.16. The molecule has 0 bridgehead atoms. The predicted molar refractivity (Wildman–Crippen MR) is 126 cm³/mol. The molecule has 0 saturated carbocycles. The van der Waals surface area contributed by atoms with Crippen LogP contribution in [0.15, 0.2) is 54.9 Å². The minimum atomic E-state index is -0.586. The number of amides is 2. The number of nitrogens with one attached hydrogen (secondary N) is 3. The van der Waals surface area contributed by atoms with Crippen molar-refractivity contribution in [2.24, 2.45) is 0 Å². The van der Waals surface area contributed by atoms with Crippen molar-refractivity contribution < 1.29 is 19.1 Å². The number of halogens is 2. The molecule has 4 aromatic rings. The highest BCUT2D eigenvalue weighted by molar-refractivity contribution is 6.30. The molecule has 0 aliphatic heterocycles. The first-order valence-electron chi connectivity index (χ1n) is 9.67. The van der Waals surface area contributed by atoms with E-state index in [1.54, 1.807) is 24.4 Å². The fourth-order valence-electron chi connectivity index (χ4n) is 3.46. The van der Waals surface area contributed by atoms with Crippen molar-refractivity contribution in [1.82, 2.24) is 20.8 Å². The van der Waals surface area contributed by atoms with Gasteiger partial charge in [-0.15, -0.1) is 0 Å². The van der Waals surface area contributed by atoms with Gasteiger partial charge in [-0.25, -0.2) is 4.98 Å². The maximum Gasteiger partial charge on any atom is 0.275 e. The second-order valence-corrected chi connectivity index (χ2v) is 7.71. The lowest BCUT2D eigenvalue weighted by molar-refractivity contribution is 0.0845. The third kappa shape index (κ3) is 4.44. The van der Waals surface area contributed by atoms with Crippen molar-refractivity contribution in [1.29, 1.82) is 0 Å². The van der Waals surface area contributed by atoms with Crippen LogP contribution in [-0.4, -0.2) is 36.0 Å². The molecule has 3 N–H and O–H groups in total. The number of aromatic amines is 1. The molecule has 33 heavy (non-hydrogen) atoms. The molecule has 2 aromatic heterocycles. The van der Waals surface area contributed by atoms with Crippen LogP contribution in [0.4, 0.5) is 0 Å². The van der Waals surface area contributed by atoms with Crippen molar-refractivity contribution in [2.45, 2.75) is 0 Å². The van der Waals surface area contributed by atoms with Gasteiger partial charge in [0.1, 0.15) is 22.2 Å². The molecule has 0 atom stereocenters. The van der Waals surface area contributed by atoms with Crippen LogP contribution >= 0.6 is 23.2 Å². The van der Waals surface area contributed by atoms with E-state index in [2.05, 4.69) is 20.8 Å². The van der Waals surface area contributed by atoms with Gasteiger partial charge < -0.3 is 14.5 Å². The van der Waals surface area contributed by atoms with E-state index >= 15 is 0 Å². The van der Waals surface area contributed by atoms with Crippen LogP contribution in [0, 0.1) is 0 Å². The average molecular weight is 485 g/mol. The molecule has 0 unspecified atom stereocenters. The fraction of sp³-hybridized carbons (Fsp3) is 0.0870. The molecule has 2 aromatic carbocycles. The highest BCUT2D eigenvalue weighted by atomic mass is 35.5. The molecule has 4 rings (SSSR count). The van der Waals surface area contributed by atoms with Crippen LogP contribution in [-0.2, 0) is 0 Å². The Kier molecular flexibility index (Phi) is 6.39. The minimum absolute atomic E-state index is 0.161. The standard InChI is InChI=1S/C23H18Cl2N4O4/c1-32-16-10-17(33-2)20(23(31)29-28-22(30)13-7-8-26-18(25)9-13)21-19(16)15(11-27-21)12-3-5-14(24)6-4-12/h3-11,27H,1-2H3,(H,28,30)(H,29,31). The number of hydrogen-bond donors (Lipinski definition) is 3. The van der Waals surface area contributed by atoms with Gasteiger partial charge in [0.05, 0.1) is 25.1 Å². The number of benzene rings is 2. The van der Waals surface area contributed by atoms with Gasteiger partial charge in [0.15, 0.2) is 0 Å². The Hall–Kier alpha value is -3.75. The zero-order chi connectivity index (χ0) is 23.5. The van der Waals surface area contributed by atoms with Crippen molar-refractivity contribution in [3.8, 4) is 22.6 Å². The Bertz CT molecular complexity index is 1350. The van der Waals surface area contributed by atoms with Crippen LogP contribution in [0.5, 0.6) is 11.5 Å². The lowest BCUT2D eigenvalue weighted by Crippen LogP contribution is -2.41. The lowest BCUT2D eigenvalue weighted by atomic mass is 10.0. The van der Waals surface area contributed by atoms with Crippen molar-refractivity contribution in [3.05, 3.63) is 76.2 Å². The number of carbonyl (C=O) groups is 2. The normalized spacial score (nSPS) is 10.7. The van der Waals surface area contributed by atoms with Gasteiger partial charge >= 0.3 is 0 Å². The van der Waals surface area contributed by atoms with Crippen molar-refractivity contribution >= 4 is 45.9 Å². The average Bonchev–Trinajstić information content (AvgIpc) is 3.26. The fourth-order valence-corrected chi connectivity index (χ4v) is 3.76. The van der Waals surface area contributed by atoms with Gasteiger partial charge in [0, 0.05) is 34.6 Å². The van der Waals surface area contributed by atoms with E-state index < -0.39 is 11.8 Å². The second kappa shape index (κ2) is 9.40. The monoisotopic (exact) mass is 484 g/mol. The number of ether oxygens (including phenoxy) is 2. The SMILES string of the molecule is COc1cc(OC)c2c(-c3ccc(Cl)cc3)c[nH]c2c1C(=O)NNC(=O)c1ccnc(Cl)c1. The van der Waals surface area contributed by atoms with Crippen molar-refractivity contribution in [2.75, 3.05) is 14.2 Å². The second-order valence-electron chi connectivity index (χ2n) is 6.89. The molecule has 0 radical (unpaired) electrons. The molecule has 0 saturated heterocycles. The Morgan fingerprint density at radius 2 is 1.64 bits per heavy atom. The number of pyridine rings is 1. The maximum absolute atomic E-state index is 13.1. The van der Waals surface area contributed by atoms with E-state index in [0.717, 1.165) is 11.1 Å². The maximum atomic E-state index is 13.1. The number of fused-ring (bicyclic) bond motifs is 1. The Morgan fingerprint density at radius 1 is 0.939 bits per heavy atom. The summed E-state index contributed by atoms with van der Waals surface area (Å²) in [6.45, 7) is 0. The molecule has 10 heteroatoms. The summed E-state index contributed by atoms with van der Waals surface area (Å²) in [5, 5.41) is 1.45. The quantitative estimate of drug-likeness (QED) is 0.283. The van der Waals surface area contributed by atoms with E-state index in [1.807, 2.05) is 12.1 Å². The molecule has 168 valence electrons. The van der Waals surface area contributed by atoms with Gasteiger partial charge in [-0.1, -0.05) is 35.3 Å². The first kappa shape index (κ1) is 22.4. The van der Waals surface area contributed by atoms with Gasteiger partial charge in [-0.05, 0) is 29.8 Å². The number of aromatic nitrogens is 2. The highest BCUT2D eigenvalue weighted by Crippen LogP contribution is 2.41. The van der Waals surface area contributed by atoms with Crippen molar-refractivity contribution in [3.63, 3.8) is 0 Å². The third-order valence-electron chi connectivity index (χ3n) is 4.99. The van der Waals surface area contributed by atoms with Gasteiger partial charge in [-0.2, -0.15) is 0 Å². The molecule has 2 heterocycles. The number of rotatable bonds is 5. The Balaban J connectivity index is 1.72. The summed E-state index contributed by atoms with van der Waals surface area (Å²) in [5.41, 5.74) is 7.40. The van der Waals surface area contributed by atoms with Crippen LogP contribution in [0.25, 0.3) is 22.0 Å². The van der Waals surface area contributed by atoms with Crippen LogP contribution in [0.3, 0.4) is 0 Å². The zero-order valence-electron chi connectivity index (χ0n) is 17.5. The molecular weight excluding hydrogens is 467 g/mol. The number of hydrogen-bond acceptors (Lipinski definition) is 5. The molecule has 0 spiro atoms. The molecule has 0 aliphatic rings. The van der Waals surface area contributed by atoms with E-state index in [9.17, 15) is 9.59 Å². The minimum Gasteiger partial charge on any atom is -0.496 e. The topological polar surface area (TPSA) is 105 Å². The highest BCUT2D eigenvalue weighted by Gasteiger charge is 2.24. The Labute approximate surface area is 198 Å². The molecule has 8 nitrogen and oxygen atoms in total. The third-order valence-corrected chi connectivity index (χ3v) is 5.44. The number of methoxy groups -OCH3 is 2. The first-order valence-corrected chi connectivity index (χ1v) is 10.4. The molecule has 0 fully saturated rings. The summed E-state index contributed by atoms with van der Waals surface area (Å²) in [6, 6.07) is 11.8. The summed E-state index contributed by atoms with van der Waals surface area (Å²) in [4.78, 5) is 32.5. The largest absolute Gasteiger partial charge is 0.496 e. The van der Waals surface area contributed by atoms with E-state index in [1.165, 1.54) is 32.5 Å². The van der Waals surface area contributed by atoms with E-state index in [4.69, 9.17) is 32.7 Å². The van der Waals surface area contributed by atoms with Crippen LogP contribution in [0.1, 0.15) is 20.7 Å². The number of carbonyl (C=O) groups excluding carboxylic acids is 2. The smallest absolute Gasteiger partial charge is 0.275 e. The van der Waals surface area contributed by atoms with E-state index in [0.29, 0.717) is 21.7 Å². The van der Waals surface area contributed by atoms with E-state index in [-0.39, 0.29) is 22.0 Å². The van der Waals surface area contributed by atoms with Gasteiger partial charge in [0.2, 0.25) is 0 Å².